The van der Waals surface area contributed by atoms with Gasteiger partial charge in [0.15, 0.2) is 9.84 Å². The lowest BCUT2D eigenvalue weighted by atomic mass is 10.2. The predicted molar refractivity (Wildman–Crippen MR) is 83.8 cm³/mol. The number of amides is 1. The Morgan fingerprint density at radius 3 is 2.74 bits per heavy atom. The normalized spacial score (nSPS) is 20.7. The maximum Gasteiger partial charge on any atom is 0.221 e. The van der Waals surface area contributed by atoms with Crippen LogP contribution in [0, 0.1) is 0 Å². The second-order valence-electron chi connectivity index (χ2n) is 5.59. The van der Waals surface area contributed by atoms with E-state index in [2.05, 4.69) is 5.32 Å². The highest BCUT2D eigenvalue weighted by molar-refractivity contribution is 7.91. The van der Waals surface area contributed by atoms with Crippen LogP contribution in [-0.4, -0.2) is 57.4 Å². The van der Waals surface area contributed by atoms with Gasteiger partial charge in [0.2, 0.25) is 15.9 Å². The Kier molecular flexibility index (Phi) is 5.48. The summed E-state index contributed by atoms with van der Waals surface area (Å²) in [5.74, 6) is 0.144. The molecule has 1 aromatic rings. The van der Waals surface area contributed by atoms with E-state index in [1.165, 1.54) is 6.26 Å². The molecule has 23 heavy (non-hydrogen) atoms. The molecule has 1 unspecified atom stereocenters. The summed E-state index contributed by atoms with van der Waals surface area (Å²) < 4.78 is 52.5. The van der Waals surface area contributed by atoms with Crippen molar-refractivity contribution in [2.24, 2.45) is 0 Å². The largest absolute Gasteiger partial charge is 0.468 e. The Hall–Kier alpha value is -1.39. The van der Waals surface area contributed by atoms with Crippen LogP contribution in [0.2, 0.25) is 0 Å². The van der Waals surface area contributed by atoms with Crippen LogP contribution in [0.15, 0.2) is 22.8 Å². The molecule has 0 aromatic carbocycles. The molecule has 8 nitrogen and oxygen atoms in total. The smallest absolute Gasteiger partial charge is 0.221 e. The van der Waals surface area contributed by atoms with Crippen molar-refractivity contribution in [1.82, 2.24) is 9.62 Å². The van der Waals surface area contributed by atoms with Crippen LogP contribution in [0.25, 0.3) is 0 Å². The zero-order valence-electron chi connectivity index (χ0n) is 12.8. The second-order valence-corrected chi connectivity index (χ2v) is 9.80. The van der Waals surface area contributed by atoms with E-state index in [1.807, 2.05) is 0 Å². The molecule has 0 radical (unpaired) electrons. The van der Waals surface area contributed by atoms with Gasteiger partial charge in [0.1, 0.15) is 5.76 Å². The first-order chi connectivity index (χ1) is 10.7. The summed E-state index contributed by atoms with van der Waals surface area (Å²) in [4.78, 5) is 11.9. The van der Waals surface area contributed by atoms with Gasteiger partial charge in [0.05, 0.1) is 30.6 Å². The van der Waals surface area contributed by atoms with E-state index in [9.17, 15) is 21.6 Å². The quantitative estimate of drug-likeness (QED) is 0.713. The van der Waals surface area contributed by atoms with E-state index in [-0.39, 0.29) is 43.0 Å². The van der Waals surface area contributed by atoms with Crippen LogP contribution in [0.4, 0.5) is 0 Å². The summed E-state index contributed by atoms with van der Waals surface area (Å²) in [6.07, 6.45) is 2.88. The number of carbonyl (C=O) groups is 1. The minimum atomic E-state index is -3.49. The average Bonchev–Trinajstić information content (AvgIpc) is 3.02. The maximum absolute atomic E-state index is 11.9. The fourth-order valence-electron chi connectivity index (χ4n) is 2.37. The van der Waals surface area contributed by atoms with Gasteiger partial charge >= 0.3 is 0 Å². The molecule has 1 saturated heterocycles. The summed E-state index contributed by atoms with van der Waals surface area (Å²) >= 11 is 0. The fraction of sp³-hybridized carbons (Fsp3) is 0.615. The van der Waals surface area contributed by atoms with Gasteiger partial charge in [-0.25, -0.2) is 16.8 Å². The monoisotopic (exact) mass is 364 g/mol. The van der Waals surface area contributed by atoms with Gasteiger partial charge in [0.25, 0.3) is 0 Å². The van der Waals surface area contributed by atoms with Gasteiger partial charge in [-0.05, 0) is 18.6 Å². The van der Waals surface area contributed by atoms with Crippen molar-refractivity contribution < 1.29 is 26.0 Å². The average molecular weight is 364 g/mol. The number of nitrogens with one attached hydrogen (secondary N) is 1. The molecule has 130 valence electrons. The number of nitrogens with zero attached hydrogens (tertiary/aromatic N) is 1. The van der Waals surface area contributed by atoms with Gasteiger partial charge < -0.3 is 9.73 Å². The summed E-state index contributed by atoms with van der Waals surface area (Å²) in [6, 6.07) is 2.93. The number of hydrogen-bond acceptors (Lipinski definition) is 6. The highest BCUT2D eigenvalue weighted by Gasteiger charge is 2.29. The molecule has 1 N–H and O–H groups in total. The molecule has 1 amide bonds. The Morgan fingerprint density at radius 1 is 1.48 bits per heavy atom. The number of sulfonamides is 1. The van der Waals surface area contributed by atoms with Crippen molar-refractivity contribution in [2.75, 3.05) is 24.3 Å². The first-order valence-corrected chi connectivity index (χ1v) is 10.8. The topological polar surface area (TPSA) is 114 Å². The molecule has 10 heteroatoms. The first-order valence-electron chi connectivity index (χ1n) is 7.13. The number of sulfone groups is 1. The van der Waals surface area contributed by atoms with Gasteiger partial charge in [-0.2, -0.15) is 4.31 Å². The molecule has 2 rings (SSSR count). The lowest BCUT2D eigenvalue weighted by Gasteiger charge is -2.19. The van der Waals surface area contributed by atoms with Crippen molar-refractivity contribution in [3.63, 3.8) is 0 Å². The molecule has 1 aliphatic heterocycles. The van der Waals surface area contributed by atoms with Crippen molar-refractivity contribution in [3.8, 4) is 0 Å². The van der Waals surface area contributed by atoms with Gasteiger partial charge in [-0.15, -0.1) is 0 Å². The highest BCUT2D eigenvalue weighted by atomic mass is 32.2. The van der Waals surface area contributed by atoms with E-state index in [4.69, 9.17) is 4.42 Å². The zero-order chi connectivity index (χ0) is 17.1. The molecular formula is C13H20N2O6S2. The molecule has 1 aliphatic rings. The van der Waals surface area contributed by atoms with Crippen LogP contribution in [-0.2, 0) is 31.2 Å². The van der Waals surface area contributed by atoms with E-state index in [0.717, 1.165) is 10.6 Å². The third-order valence-corrected chi connectivity index (χ3v) is 6.58. The molecule has 0 spiro atoms. The molecule has 0 saturated carbocycles. The van der Waals surface area contributed by atoms with E-state index in [1.54, 1.807) is 12.1 Å². The number of hydrogen-bond donors (Lipinski definition) is 1. The fourth-order valence-corrected chi connectivity index (χ4v) is 4.83. The van der Waals surface area contributed by atoms with E-state index < -0.39 is 19.9 Å². The lowest BCUT2D eigenvalue weighted by Crippen LogP contribution is -2.38. The van der Waals surface area contributed by atoms with Crippen molar-refractivity contribution in [2.45, 2.75) is 25.4 Å². The number of rotatable bonds is 7. The summed E-state index contributed by atoms with van der Waals surface area (Å²) in [7, 11) is -6.55. The SMILES string of the molecule is CS(=O)(=O)N(CCC(=O)NC1CCS(=O)(=O)C1)Cc1ccco1. The highest BCUT2D eigenvalue weighted by Crippen LogP contribution is 2.12. The summed E-state index contributed by atoms with van der Waals surface area (Å²) in [5.41, 5.74) is 0. The lowest BCUT2D eigenvalue weighted by molar-refractivity contribution is -0.121. The van der Waals surface area contributed by atoms with Crippen LogP contribution in [0.5, 0.6) is 0 Å². The van der Waals surface area contributed by atoms with Crippen LogP contribution >= 0.6 is 0 Å². The minimum Gasteiger partial charge on any atom is -0.468 e. The molecule has 1 aromatic heterocycles. The van der Waals surface area contributed by atoms with Crippen LogP contribution < -0.4 is 5.32 Å². The third kappa shape index (κ3) is 5.63. The second kappa shape index (κ2) is 7.02. The predicted octanol–water partition coefficient (Wildman–Crippen LogP) is -0.265. The van der Waals surface area contributed by atoms with Gasteiger partial charge in [-0.1, -0.05) is 0 Å². The van der Waals surface area contributed by atoms with E-state index in [0.29, 0.717) is 12.2 Å². The van der Waals surface area contributed by atoms with Crippen molar-refractivity contribution in [1.29, 1.82) is 0 Å². The molecular weight excluding hydrogens is 344 g/mol. The van der Waals surface area contributed by atoms with E-state index >= 15 is 0 Å². The summed E-state index contributed by atoms with van der Waals surface area (Å²) in [6.45, 7) is 0.0573. The molecule has 0 bridgehead atoms. The maximum atomic E-state index is 11.9. The molecule has 1 fully saturated rings. The van der Waals surface area contributed by atoms with Crippen molar-refractivity contribution in [3.05, 3.63) is 24.2 Å². The Labute approximate surface area is 135 Å². The minimum absolute atomic E-state index is 0.00480. The Morgan fingerprint density at radius 2 is 2.22 bits per heavy atom. The van der Waals surface area contributed by atoms with Crippen LogP contribution in [0.1, 0.15) is 18.6 Å². The molecule has 0 aliphatic carbocycles. The molecule has 2 heterocycles. The first kappa shape index (κ1) is 18.0. The molecule has 1 atom stereocenters. The number of furan rings is 1. The standard InChI is InChI=1S/C13H20N2O6S2/c1-22(17,18)15(9-12-3-2-7-21-12)6-4-13(16)14-11-5-8-23(19,20)10-11/h2-3,7,11H,4-6,8-10H2,1H3,(H,14,16). The summed E-state index contributed by atoms with van der Waals surface area (Å²) in [5, 5.41) is 2.64. The Balaban J connectivity index is 1.87. The van der Waals surface area contributed by atoms with Crippen LogP contribution in [0.3, 0.4) is 0 Å². The van der Waals surface area contributed by atoms with Gasteiger partial charge in [-0.3, -0.25) is 4.79 Å². The third-order valence-electron chi connectivity index (χ3n) is 3.57. The Bertz CT molecular complexity index is 739. The van der Waals surface area contributed by atoms with Gasteiger partial charge in [0, 0.05) is 19.0 Å². The zero-order valence-corrected chi connectivity index (χ0v) is 14.4. The number of carbonyl (C=O) groups excluding carboxylic acids is 1. The van der Waals surface area contributed by atoms with Crippen molar-refractivity contribution >= 4 is 25.8 Å².